The zero-order valence-electron chi connectivity index (χ0n) is 19.9. The fourth-order valence-corrected chi connectivity index (χ4v) is 3.18. The lowest BCUT2D eigenvalue weighted by atomic mass is 10.0. The Balaban J connectivity index is 0.00000385. The largest absolute Gasteiger partial charge is 0.493 e. The van der Waals surface area contributed by atoms with Gasteiger partial charge in [-0.15, -0.1) is 24.0 Å². The number of fused-ring (bicyclic) bond motifs is 1. The predicted octanol–water partition coefficient (Wildman–Crippen LogP) is 3.52. The molecule has 9 heteroatoms. The number of benzene rings is 1. The van der Waals surface area contributed by atoms with Crippen LogP contribution in [0.25, 0.3) is 0 Å². The van der Waals surface area contributed by atoms with Crippen LogP contribution in [0.5, 0.6) is 11.6 Å². The van der Waals surface area contributed by atoms with E-state index in [-0.39, 0.29) is 48.1 Å². The van der Waals surface area contributed by atoms with E-state index in [4.69, 9.17) is 14.5 Å². The Bertz CT molecular complexity index is 942. The number of carbonyl (C=O) groups is 1. The first-order valence-corrected chi connectivity index (χ1v) is 10.8. The molecular formula is C24H34IN5O3. The molecule has 33 heavy (non-hydrogen) atoms. The fraction of sp³-hybridized carbons (Fsp3) is 0.458. The number of halogens is 1. The van der Waals surface area contributed by atoms with Crippen molar-refractivity contribution in [1.29, 1.82) is 0 Å². The van der Waals surface area contributed by atoms with Crippen molar-refractivity contribution in [3.8, 4) is 11.6 Å². The molecule has 1 aromatic carbocycles. The van der Waals surface area contributed by atoms with E-state index < -0.39 is 0 Å². The molecule has 0 aliphatic carbocycles. The molecule has 1 aliphatic rings. The van der Waals surface area contributed by atoms with E-state index in [1.54, 1.807) is 25.2 Å². The highest BCUT2D eigenvalue weighted by Gasteiger charge is 2.22. The molecule has 0 fully saturated rings. The summed E-state index contributed by atoms with van der Waals surface area (Å²) < 4.78 is 11.5. The monoisotopic (exact) mass is 567 g/mol. The molecule has 1 unspecified atom stereocenters. The molecule has 0 saturated carbocycles. The lowest BCUT2D eigenvalue weighted by Crippen LogP contribution is -2.45. The summed E-state index contributed by atoms with van der Waals surface area (Å²) in [5.41, 5.74) is 1.73. The summed E-state index contributed by atoms with van der Waals surface area (Å²) in [7, 11) is 3.46. The number of hydrogen-bond donors (Lipinski definition) is 2. The molecule has 2 N–H and O–H groups in total. The van der Waals surface area contributed by atoms with Crippen LogP contribution in [-0.2, 0) is 11.3 Å². The van der Waals surface area contributed by atoms with Crippen LogP contribution in [0.3, 0.4) is 0 Å². The maximum Gasteiger partial charge on any atom is 0.241 e. The Labute approximate surface area is 213 Å². The first-order chi connectivity index (χ1) is 15.2. The van der Waals surface area contributed by atoms with Crippen molar-refractivity contribution in [2.24, 2.45) is 4.99 Å². The molecule has 1 aliphatic heterocycles. The topological polar surface area (TPSA) is 88.1 Å². The lowest BCUT2D eigenvalue weighted by molar-refractivity contribution is -0.127. The third-order valence-corrected chi connectivity index (χ3v) is 4.80. The van der Waals surface area contributed by atoms with Crippen LogP contribution in [-0.4, -0.2) is 54.6 Å². The molecular weight excluding hydrogens is 533 g/mol. The van der Waals surface area contributed by atoms with E-state index in [1.807, 2.05) is 57.2 Å². The van der Waals surface area contributed by atoms with Crippen molar-refractivity contribution in [2.75, 3.05) is 27.2 Å². The quantitative estimate of drug-likeness (QED) is 0.316. The first kappa shape index (κ1) is 26.7. The average Bonchev–Trinajstić information content (AvgIpc) is 2.75. The van der Waals surface area contributed by atoms with Gasteiger partial charge in [-0.2, -0.15) is 0 Å². The number of ether oxygens (including phenoxy) is 2. The van der Waals surface area contributed by atoms with Crippen LogP contribution >= 0.6 is 24.0 Å². The highest BCUT2D eigenvalue weighted by molar-refractivity contribution is 14.0. The number of pyridine rings is 1. The standard InChI is InChI=1S/C24H33N5O3.HI/c1-24(2,3)32-21-11-10-17(14-25-21)15-26-23(27-16-22(30)29(4)5)28-19-12-13-31-20-9-7-6-8-18(19)20;/h6-11,14,19H,12-13,15-16H2,1-5H3,(H2,26,27,28);1H. The summed E-state index contributed by atoms with van der Waals surface area (Å²) in [6.07, 6.45) is 2.57. The summed E-state index contributed by atoms with van der Waals surface area (Å²) in [5.74, 6) is 1.99. The molecule has 180 valence electrons. The van der Waals surface area contributed by atoms with E-state index in [2.05, 4.69) is 15.6 Å². The van der Waals surface area contributed by atoms with E-state index in [9.17, 15) is 4.79 Å². The van der Waals surface area contributed by atoms with Crippen molar-refractivity contribution >= 4 is 35.8 Å². The minimum atomic E-state index is -0.299. The Hall–Kier alpha value is -2.56. The van der Waals surface area contributed by atoms with Gasteiger partial charge < -0.3 is 25.0 Å². The van der Waals surface area contributed by atoms with Crippen LogP contribution in [0.2, 0.25) is 0 Å². The molecule has 2 heterocycles. The van der Waals surface area contributed by atoms with Crippen molar-refractivity contribution in [3.05, 3.63) is 53.7 Å². The molecule has 0 spiro atoms. The van der Waals surface area contributed by atoms with Crippen molar-refractivity contribution in [3.63, 3.8) is 0 Å². The highest BCUT2D eigenvalue weighted by Crippen LogP contribution is 2.31. The van der Waals surface area contributed by atoms with E-state index in [0.29, 0.717) is 25.0 Å². The maximum absolute atomic E-state index is 12.1. The summed E-state index contributed by atoms with van der Waals surface area (Å²) in [6.45, 7) is 7.15. The van der Waals surface area contributed by atoms with Gasteiger partial charge in [0.1, 0.15) is 11.4 Å². The second kappa shape index (κ2) is 12.1. The van der Waals surface area contributed by atoms with Gasteiger partial charge in [0.25, 0.3) is 0 Å². The van der Waals surface area contributed by atoms with Crippen LogP contribution < -0.4 is 20.1 Å². The van der Waals surface area contributed by atoms with Gasteiger partial charge in [0.15, 0.2) is 5.96 Å². The molecule has 1 atom stereocenters. The molecule has 0 radical (unpaired) electrons. The number of likely N-dealkylation sites (N-methyl/N-ethyl adjacent to an activating group) is 1. The first-order valence-electron chi connectivity index (χ1n) is 10.8. The summed E-state index contributed by atoms with van der Waals surface area (Å²) >= 11 is 0. The second-order valence-electron chi connectivity index (χ2n) is 8.90. The summed E-state index contributed by atoms with van der Waals surface area (Å²) in [5, 5.41) is 6.62. The van der Waals surface area contributed by atoms with E-state index >= 15 is 0 Å². The zero-order chi connectivity index (χ0) is 23.1. The molecule has 8 nitrogen and oxygen atoms in total. The Morgan fingerprint density at radius 3 is 2.67 bits per heavy atom. The van der Waals surface area contributed by atoms with Crippen LogP contribution in [0, 0.1) is 0 Å². The van der Waals surface area contributed by atoms with Crippen LogP contribution in [0.1, 0.15) is 44.4 Å². The number of amides is 1. The third kappa shape index (κ3) is 8.38. The molecule has 3 rings (SSSR count). The molecule has 0 saturated heterocycles. The number of aliphatic imine (C=N–C) groups is 1. The predicted molar refractivity (Wildman–Crippen MR) is 140 cm³/mol. The summed E-state index contributed by atoms with van der Waals surface area (Å²) in [4.78, 5) is 22.7. The number of hydrogen-bond acceptors (Lipinski definition) is 5. The van der Waals surface area contributed by atoms with E-state index in [1.165, 1.54) is 0 Å². The van der Waals surface area contributed by atoms with Gasteiger partial charge >= 0.3 is 0 Å². The average molecular weight is 567 g/mol. The van der Waals surface area contributed by atoms with Crippen LogP contribution in [0.15, 0.2) is 47.6 Å². The van der Waals surface area contributed by atoms with Gasteiger partial charge in [0.05, 0.1) is 25.7 Å². The van der Waals surface area contributed by atoms with Crippen molar-refractivity contribution in [2.45, 2.75) is 45.4 Å². The highest BCUT2D eigenvalue weighted by atomic mass is 127. The number of rotatable bonds is 6. The number of guanidine groups is 1. The van der Waals surface area contributed by atoms with Gasteiger partial charge in [-0.3, -0.25) is 4.79 Å². The number of para-hydroxylation sites is 1. The number of nitrogens with zero attached hydrogens (tertiary/aromatic N) is 3. The maximum atomic E-state index is 12.1. The molecule has 0 bridgehead atoms. The lowest BCUT2D eigenvalue weighted by Gasteiger charge is -2.28. The molecule has 1 amide bonds. The van der Waals surface area contributed by atoms with Crippen molar-refractivity contribution < 1.29 is 14.3 Å². The van der Waals surface area contributed by atoms with Crippen LogP contribution in [0.4, 0.5) is 0 Å². The summed E-state index contributed by atoms with van der Waals surface area (Å²) in [6, 6.07) is 11.8. The third-order valence-electron chi connectivity index (χ3n) is 4.80. The molecule has 1 aromatic heterocycles. The van der Waals surface area contributed by atoms with Gasteiger partial charge in [0, 0.05) is 38.3 Å². The number of carbonyl (C=O) groups excluding carboxylic acids is 1. The fourth-order valence-electron chi connectivity index (χ4n) is 3.18. The smallest absolute Gasteiger partial charge is 0.241 e. The van der Waals surface area contributed by atoms with Crippen molar-refractivity contribution in [1.82, 2.24) is 20.5 Å². The normalized spacial score (nSPS) is 15.4. The SMILES string of the molecule is CN(C)C(=O)CNC(=NCc1ccc(OC(C)(C)C)nc1)NC1CCOc2ccccc21.I. The van der Waals surface area contributed by atoms with Gasteiger partial charge in [-0.1, -0.05) is 24.3 Å². The molecule has 2 aromatic rings. The number of aromatic nitrogens is 1. The van der Waals surface area contributed by atoms with Gasteiger partial charge in [0.2, 0.25) is 11.8 Å². The Morgan fingerprint density at radius 2 is 2.00 bits per heavy atom. The zero-order valence-corrected chi connectivity index (χ0v) is 22.3. The Kier molecular flexibility index (Phi) is 9.75. The second-order valence-corrected chi connectivity index (χ2v) is 8.90. The number of nitrogens with one attached hydrogen (secondary N) is 2. The van der Waals surface area contributed by atoms with Gasteiger partial charge in [-0.25, -0.2) is 9.98 Å². The Morgan fingerprint density at radius 1 is 1.24 bits per heavy atom. The van der Waals surface area contributed by atoms with Gasteiger partial charge in [-0.05, 0) is 32.4 Å². The minimum Gasteiger partial charge on any atom is -0.493 e. The van der Waals surface area contributed by atoms with E-state index in [0.717, 1.165) is 23.3 Å². The minimum absolute atomic E-state index is 0.